The molecule has 1 aliphatic heterocycles. The maximum absolute atomic E-state index is 13.7. The van der Waals surface area contributed by atoms with E-state index in [9.17, 15) is 57.3 Å². The Morgan fingerprint density at radius 2 is 1.42 bits per heavy atom. The van der Waals surface area contributed by atoms with Gasteiger partial charge in [0, 0.05) is 123 Å². The summed E-state index contributed by atoms with van der Waals surface area (Å²) in [5, 5.41) is 46.2. The van der Waals surface area contributed by atoms with Gasteiger partial charge in [0.1, 0.15) is 29.4 Å². The zero-order valence-corrected chi connectivity index (χ0v) is 49.4. The minimum atomic E-state index is -4.49. The number of nitrogens with one attached hydrogen (secondary N) is 8. The number of sulfonamides is 1. The molecule has 0 radical (unpaired) electrons. The van der Waals surface area contributed by atoms with Crippen LogP contribution in [0.2, 0.25) is 0 Å². The number of aliphatic hydroxyl groups is 2. The SMILES string of the molecule is CC[C@H](NC(=O)CN1CCN(C)CCN(CC)CCN(CC(O)O)CC1)C(=O)N[C@@H](CC)C(=O)NCCNC(=O)CCCOc1cc(C)c(S(=O)(=O)NC(CNC(=O)c2cn(C)c3cc(CNc4ncc[nH]4)ccc3c2=O)C(=O)O)c(C)c1. The van der Waals surface area contributed by atoms with E-state index in [0.717, 1.165) is 31.7 Å². The van der Waals surface area contributed by atoms with E-state index in [1.165, 1.54) is 32.2 Å². The molecule has 0 aliphatic carbocycles. The minimum Gasteiger partial charge on any atom is -0.494 e. The number of carbonyl (C=O) groups excluding carboxylic acids is 5. The molecule has 0 bridgehead atoms. The number of hydrogen-bond acceptors (Lipinski definition) is 18. The number of carboxylic acid groups (broad SMARTS) is 1. The number of imidazole rings is 1. The van der Waals surface area contributed by atoms with E-state index < -0.39 is 70.1 Å². The summed E-state index contributed by atoms with van der Waals surface area (Å²) >= 11 is 0. The Balaban J connectivity index is 1.02. The molecular weight excluding hydrogens is 1100 g/mol. The van der Waals surface area contributed by atoms with Gasteiger partial charge in [0.2, 0.25) is 39.1 Å². The zero-order valence-electron chi connectivity index (χ0n) is 48.6. The van der Waals surface area contributed by atoms with Gasteiger partial charge < -0.3 is 71.3 Å². The highest BCUT2D eigenvalue weighted by molar-refractivity contribution is 7.89. The van der Waals surface area contributed by atoms with E-state index >= 15 is 0 Å². The molecule has 2 aromatic heterocycles. The van der Waals surface area contributed by atoms with Gasteiger partial charge in [0.25, 0.3) is 5.91 Å². The van der Waals surface area contributed by atoms with Crippen LogP contribution in [0.25, 0.3) is 10.9 Å². The van der Waals surface area contributed by atoms with Crippen molar-refractivity contribution in [3.8, 4) is 5.75 Å². The van der Waals surface area contributed by atoms with Crippen LogP contribution in [0.5, 0.6) is 5.75 Å². The molecule has 1 unspecified atom stereocenters. The molecule has 5 rings (SSSR count). The third kappa shape index (κ3) is 21.0. The molecule has 3 heterocycles. The molecule has 0 spiro atoms. The second kappa shape index (κ2) is 32.7. The normalized spacial score (nSPS) is 15.5. The molecule has 5 amide bonds. The summed E-state index contributed by atoms with van der Waals surface area (Å²) in [6, 6.07) is 4.42. The first-order valence-electron chi connectivity index (χ1n) is 28.0. The van der Waals surface area contributed by atoms with Gasteiger partial charge in [-0.1, -0.05) is 26.8 Å². The van der Waals surface area contributed by atoms with Gasteiger partial charge in [-0.05, 0) is 87.7 Å². The number of aromatic amines is 1. The number of pyridine rings is 1. The van der Waals surface area contributed by atoms with Crippen LogP contribution in [-0.4, -0.2) is 223 Å². The van der Waals surface area contributed by atoms with Crippen molar-refractivity contribution in [3.05, 3.63) is 81.4 Å². The topological polar surface area (TPSA) is 354 Å². The van der Waals surface area contributed by atoms with Crippen molar-refractivity contribution in [2.24, 2.45) is 7.05 Å². The highest BCUT2D eigenvalue weighted by Crippen LogP contribution is 2.26. The molecule has 83 heavy (non-hydrogen) atoms. The lowest BCUT2D eigenvalue weighted by atomic mass is 10.1. The number of amides is 5. The number of benzene rings is 2. The van der Waals surface area contributed by atoms with E-state index in [0.29, 0.717) is 56.5 Å². The van der Waals surface area contributed by atoms with Crippen molar-refractivity contribution in [2.75, 3.05) is 111 Å². The molecule has 1 aliphatic rings. The number of H-pyrrole nitrogens is 1. The van der Waals surface area contributed by atoms with Crippen LogP contribution in [0, 0.1) is 13.8 Å². The van der Waals surface area contributed by atoms with Crippen molar-refractivity contribution in [2.45, 2.75) is 96.2 Å². The van der Waals surface area contributed by atoms with Crippen LogP contribution in [0.15, 0.2) is 58.6 Å². The molecule has 28 heteroatoms. The van der Waals surface area contributed by atoms with Gasteiger partial charge >= 0.3 is 5.97 Å². The Morgan fingerprint density at radius 1 is 0.783 bits per heavy atom. The Labute approximate surface area is 484 Å². The van der Waals surface area contributed by atoms with Gasteiger partial charge in [0.15, 0.2) is 12.2 Å². The summed E-state index contributed by atoms with van der Waals surface area (Å²) < 4.78 is 36.9. The average Bonchev–Trinajstić information content (AvgIpc) is 3.51. The molecule has 4 aromatic rings. The molecule has 1 fully saturated rings. The maximum Gasteiger partial charge on any atom is 0.323 e. The minimum absolute atomic E-state index is 0.0226. The van der Waals surface area contributed by atoms with Crippen LogP contribution in [0.3, 0.4) is 0 Å². The van der Waals surface area contributed by atoms with Crippen LogP contribution in [-0.2, 0) is 47.6 Å². The predicted octanol–water partition coefficient (Wildman–Crippen LogP) is -0.985. The predicted molar refractivity (Wildman–Crippen MR) is 311 cm³/mol. The largest absolute Gasteiger partial charge is 0.494 e. The number of rotatable bonds is 29. The fourth-order valence-corrected chi connectivity index (χ4v) is 11.1. The van der Waals surface area contributed by atoms with Crippen LogP contribution < -0.4 is 46.8 Å². The summed E-state index contributed by atoms with van der Waals surface area (Å²) in [7, 11) is -0.803. The quantitative estimate of drug-likeness (QED) is 0.0230. The number of nitrogens with zero attached hydrogens (tertiary/aromatic N) is 6. The van der Waals surface area contributed by atoms with E-state index in [1.54, 1.807) is 56.1 Å². The van der Waals surface area contributed by atoms with Crippen molar-refractivity contribution < 1.29 is 57.2 Å². The fraction of sp³-hybridized carbons (Fsp3) is 0.564. The number of β-amino-alcohol motifs (C(OH)–C–C–N with tert-alkyl or cyclic N) is 2. The molecule has 3 atom stereocenters. The third-order valence-corrected chi connectivity index (χ3v) is 16.0. The summed E-state index contributed by atoms with van der Waals surface area (Å²) in [6.45, 7) is 15.0. The molecule has 458 valence electrons. The lowest BCUT2D eigenvalue weighted by Crippen LogP contribution is -2.55. The van der Waals surface area contributed by atoms with Crippen molar-refractivity contribution >= 4 is 62.4 Å². The van der Waals surface area contributed by atoms with Crippen LogP contribution in [0.4, 0.5) is 5.95 Å². The molecule has 11 N–H and O–H groups in total. The first kappa shape index (κ1) is 66.7. The summed E-state index contributed by atoms with van der Waals surface area (Å²) in [6.07, 6.45) is 4.00. The number of aromatic nitrogens is 3. The standard InChI is InChI=1S/C55H84N14O13S/c1-8-42(63-53(77)43(9-2)62-47(71)34-68-22-20-65(6)19-21-67(10-3)23-24-69(26-25-68)35-48(72)73)52(76)57-16-15-56-46(70)12-11-27-82-39-28-36(4)50(37(5)29-39)83(80,81)64-44(54(78)79)32-60-51(75)41-33-66(7)45-30-38(13-14-40(45)49(41)74)31-61-55-58-17-18-59-55/h13-14,17-18,28-30,33,42-44,48,64,72-73H,8-12,15-16,19-27,31-32,34-35H2,1-7H3,(H,56,70)(H,57,76)(H,60,75)(H,62,71)(H,63,77)(H,78,79)(H2,58,59,61)/t42-,43-,44?/m0/s1. The average molecular weight is 1180 g/mol. The second-order valence-corrected chi connectivity index (χ2v) is 22.3. The second-order valence-electron chi connectivity index (χ2n) is 20.6. The lowest BCUT2D eigenvalue weighted by Gasteiger charge is -2.33. The molecule has 0 saturated carbocycles. The number of hydrogen-bond donors (Lipinski definition) is 11. The number of aryl methyl sites for hydroxylation is 3. The van der Waals surface area contributed by atoms with E-state index in [-0.39, 0.29) is 97.3 Å². The maximum atomic E-state index is 13.7. The van der Waals surface area contributed by atoms with Crippen LogP contribution >= 0.6 is 0 Å². The molecule has 27 nitrogen and oxygen atoms in total. The highest BCUT2D eigenvalue weighted by Gasteiger charge is 2.30. The molecular formula is C55H84N14O13S. The first-order valence-corrected chi connectivity index (χ1v) is 29.5. The van der Waals surface area contributed by atoms with Gasteiger partial charge in [-0.25, -0.2) is 13.4 Å². The van der Waals surface area contributed by atoms with Crippen molar-refractivity contribution in [1.29, 1.82) is 0 Å². The Hall–Kier alpha value is -7.05. The van der Waals surface area contributed by atoms with Crippen molar-refractivity contribution in [3.63, 3.8) is 0 Å². The van der Waals surface area contributed by atoms with E-state index in [4.69, 9.17) is 4.74 Å². The Morgan fingerprint density at radius 3 is 2.06 bits per heavy atom. The third-order valence-electron chi connectivity index (χ3n) is 14.2. The smallest absolute Gasteiger partial charge is 0.323 e. The number of likely N-dealkylation sites (N-methyl/N-ethyl adjacent to an activating group) is 2. The summed E-state index contributed by atoms with van der Waals surface area (Å²) in [5.74, 6) is -3.23. The van der Waals surface area contributed by atoms with Gasteiger partial charge in [-0.15, -0.1) is 0 Å². The highest BCUT2D eigenvalue weighted by atomic mass is 32.2. The number of carboxylic acids is 1. The zero-order chi connectivity index (χ0) is 60.8. The Bertz CT molecular complexity index is 2970. The first-order chi connectivity index (χ1) is 39.5. The summed E-state index contributed by atoms with van der Waals surface area (Å²) in [5.41, 5.74) is 1.00. The fourth-order valence-electron chi connectivity index (χ4n) is 9.45. The Kier molecular flexibility index (Phi) is 26.3. The van der Waals surface area contributed by atoms with Crippen LogP contribution in [0.1, 0.15) is 73.5 Å². The van der Waals surface area contributed by atoms with Gasteiger partial charge in [-0.3, -0.25) is 43.4 Å². The lowest BCUT2D eigenvalue weighted by molar-refractivity contribution is -0.138. The number of aliphatic carboxylic acids is 1. The molecule has 2 aromatic carbocycles. The van der Waals surface area contributed by atoms with Gasteiger partial charge in [0.05, 0.1) is 23.6 Å². The van der Waals surface area contributed by atoms with E-state index in [2.05, 4.69) is 63.3 Å². The number of ether oxygens (including phenoxy) is 1. The van der Waals surface area contributed by atoms with Crippen molar-refractivity contribution in [1.82, 2.24) is 65.4 Å². The number of aliphatic hydroxyl groups excluding tert-OH is 1. The number of anilines is 1. The number of carbonyl (C=O) groups is 6. The van der Waals surface area contributed by atoms with Gasteiger partial charge in [-0.2, -0.15) is 4.72 Å². The summed E-state index contributed by atoms with van der Waals surface area (Å²) in [4.78, 5) is 107. The molecule has 1 saturated heterocycles. The number of fused-ring (bicyclic) bond motifs is 1. The van der Waals surface area contributed by atoms with E-state index in [1.807, 2.05) is 16.8 Å². The monoisotopic (exact) mass is 1180 g/mol.